The van der Waals surface area contributed by atoms with Crippen LogP contribution in [0.4, 0.5) is 30.2 Å². The van der Waals surface area contributed by atoms with Crippen LogP contribution >= 0.6 is 0 Å². The Morgan fingerprint density at radius 1 is 1.00 bits per heavy atom. The summed E-state index contributed by atoms with van der Waals surface area (Å²) in [5.74, 6) is -6.25. The monoisotopic (exact) mass is 234 g/mol. The molecule has 0 aliphatic rings. The van der Waals surface area contributed by atoms with E-state index in [2.05, 4.69) is 0 Å². The topological polar surface area (TPSA) is 34.1 Å². The molecule has 0 fully saturated rings. The number of alkyl halides is 6. The summed E-state index contributed by atoms with van der Waals surface area (Å²) in [5, 5.41) is -6.42. The summed E-state index contributed by atoms with van der Waals surface area (Å²) < 4.78 is 99.5. The van der Waals surface area contributed by atoms with Gasteiger partial charge in [-0.2, -0.15) is 26.0 Å². The molecular formula is C3HF7O2S. The summed E-state index contributed by atoms with van der Waals surface area (Å²) in [7, 11) is -7.07. The van der Waals surface area contributed by atoms with Gasteiger partial charge in [-0.05, 0) is 0 Å². The fourth-order valence-corrected chi connectivity index (χ4v) is 0.704. The van der Waals surface area contributed by atoms with Gasteiger partial charge >= 0.3 is 27.8 Å². The van der Waals surface area contributed by atoms with Gasteiger partial charge in [0, 0.05) is 0 Å². The predicted molar refractivity (Wildman–Crippen MR) is 25.9 cm³/mol. The third-order valence-electron chi connectivity index (χ3n) is 0.968. The van der Waals surface area contributed by atoms with Crippen LogP contribution in [-0.2, 0) is 10.2 Å². The van der Waals surface area contributed by atoms with Crippen molar-refractivity contribution in [1.82, 2.24) is 0 Å². The molecule has 13 heavy (non-hydrogen) atoms. The smallest absolute Gasteiger partial charge is 0.203 e. The van der Waals surface area contributed by atoms with Crippen LogP contribution in [0.15, 0.2) is 0 Å². The highest BCUT2D eigenvalue weighted by Gasteiger charge is 2.71. The molecule has 2 nitrogen and oxygen atoms in total. The van der Waals surface area contributed by atoms with Crippen molar-refractivity contribution in [3.05, 3.63) is 0 Å². The zero-order valence-corrected chi connectivity index (χ0v) is 6.26. The second-order valence-electron chi connectivity index (χ2n) is 1.88. The van der Waals surface area contributed by atoms with E-state index < -0.39 is 27.8 Å². The van der Waals surface area contributed by atoms with Gasteiger partial charge in [0.15, 0.2) is 0 Å². The summed E-state index contributed by atoms with van der Waals surface area (Å²) in [6, 6.07) is 0. The molecule has 0 radical (unpaired) electrons. The molecule has 0 amide bonds. The van der Waals surface area contributed by atoms with E-state index in [9.17, 15) is 38.6 Å². The highest BCUT2D eigenvalue weighted by atomic mass is 32.3. The van der Waals surface area contributed by atoms with Crippen molar-refractivity contribution in [3.8, 4) is 0 Å². The fraction of sp³-hybridized carbons (Fsp3) is 1.00. The minimum atomic E-state index is -7.07. The number of hydrogen-bond donors (Lipinski definition) is 0. The molecule has 0 N–H and O–H groups in total. The summed E-state index contributed by atoms with van der Waals surface area (Å²) >= 11 is 0. The maximum atomic E-state index is 11.8. The first-order valence-electron chi connectivity index (χ1n) is 2.42. The normalized spacial score (nSPS) is 15.1. The van der Waals surface area contributed by atoms with E-state index >= 15 is 0 Å². The molecular weight excluding hydrogens is 233 g/mol. The van der Waals surface area contributed by atoms with Crippen molar-refractivity contribution in [2.24, 2.45) is 0 Å². The Bertz CT molecular complexity index is 280. The quantitative estimate of drug-likeness (QED) is 0.551. The minimum absolute atomic E-state index is 4.98. The molecule has 0 bridgehead atoms. The fourth-order valence-electron chi connectivity index (χ4n) is 0.290. The van der Waals surface area contributed by atoms with E-state index in [0.29, 0.717) is 0 Å². The second-order valence-corrected chi connectivity index (χ2v) is 3.27. The van der Waals surface area contributed by atoms with E-state index in [1.807, 2.05) is 0 Å². The average molecular weight is 234 g/mol. The lowest BCUT2D eigenvalue weighted by molar-refractivity contribution is -0.226. The Hall–Kier alpha value is -0.540. The van der Waals surface area contributed by atoms with Crippen molar-refractivity contribution in [2.45, 2.75) is 17.6 Å². The Morgan fingerprint density at radius 3 is 1.38 bits per heavy atom. The van der Waals surface area contributed by atoms with Gasteiger partial charge in [-0.15, -0.1) is 0 Å². The molecule has 0 aliphatic carbocycles. The van der Waals surface area contributed by atoms with E-state index in [1.54, 1.807) is 0 Å². The Kier molecular flexibility index (Phi) is 2.87. The van der Waals surface area contributed by atoms with Gasteiger partial charge in [-0.25, -0.2) is 8.78 Å². The van der Waals surface area contributed by atoms with Crippen LogP contribution in [-0.4, -0.2) is 26.0 Å². The van der Waals surface area contributed by atoms with Gasteiger partial charge in [-0.1, -0.05) is 3.89 Å². The van der Waals surface area contributed by atoms with Gasteiger partial charge < -0.3 is 0 Å². The van der Waals surface area contributed by atoms with Crippen molar-refractivity contribution >= 4 is 10.2 Å². The lowest BCUT2D eigenvalue weighted by atomic mass is 10.4. The summed E-state index contributed by atoms with van der Waals surface area (Å²) in [4.78, 5) is 0. The Morgan fingerprint density at radius 2 is 1.31 bits per heavy atom. The van der Waals surface area contributed by atoms with E-state index in [1.165, 1.54) is 0 Å². The first-order valence-corrected chi connectivity index (χ1v) is 3.81. The molecule has 80 valence electrons. The molecule has 0 rings (SSSR count). The molecule has 0 unspecified atom stereocenters. The second kappa shape index (κ2) is 3.00. The molecule has 0 saturated carbocycles. The van der Waals surface area contributed by atoms with Gasteiger partial charge in [0.2, 0.25) is 0 Å². The summed E-state index contributed by atoms with van der Waals surface area (Å²) in [6.45, 7) is 0. The Balaban J connectivity index is 5.29. The minimum Gasteiger partial charge on any atom is -0.203 e. The first-order chi connectivity index (χ1) is 5.44. The van der Waals surface area contributed by atoms with Crippen LogP contribution in [0.1, 0.15) is 0 Å². The molecule has 0 heterocycles. The zero-order chi connectivity index (χ0) is 11.1. The number of rotatable bonds is 3. The van der Waals surface area contributed by atoms with Crippen LogP contribution in [0.2, 0.25) is 0 Å². The highest BCUT2D eigenvalue weighted by Crippen LogP contribution is 2.43. The third kappa shape index (κ3) is 1.86. The molecule has 0 aromatic heterocycles. The third-order valence-corrected chi connectivity index (χ3v) is 1.85. The van der Waals surface area contributed by atoms with E-state index in [4.69, 9.17) is 0 Å². The van der Waals surface area contributed by atoms with Crippen molar-refractivity contribution in [3.63, 3.8) is 0 Å². The number of halogens is 7. The maximum absolute atomic E-state index is 11.8. The molecule has 0 atom stereocenters. The lowest BCUT2D eigenvalue weighted by Crippen LogP contribution is -2.50. The predicted octanol–water partition coefficient (Wildman–Crippen LogP) is 1.78. The molecule has 10 heteroatoms. The molecule has 0 spiro atoms. The maximum Gasteiger partial charge on any atom is 0.442 e. The molecule has 0 saturated heterocycles. The van der Waals surface area contributed by atoms with Crippen molar-refractivity contribution in [2.75, 3.05) is 0 Å². The van der Waals surface area contributed by atoms with Gasteiger partial charge in [-0.3, -0.25) is 0 Å². The zero-order valence-electron chi connectivity index (χ0n) is 5.45. The van der Waals surface area contributed by atoms with Gasteiger partial charge in [0.05, 0.1) is 0 Å². The SMILES string of the molecule is O=S(=O)(F)C(F)(F)C(F)(F)C(F)F. The lowest BCUT2D eigenvalue weighted by Gasteiger charge is -2.21. The van der Waals surface area contributed by atoms with E-state index in [-0.39, 0.29) is 0 Å². The van der Waals surface area contributed by atoms with Crippen molar-refractivity contribution in [1.29, 1.82) is 0 Å². The van der Waals surface area contributed by atoms with Gasteiger partial charge in [0.1, 0.15) is 0 Å². The summed E-state index contributed by atoms with van der Waals surface area (Å²) in [6.07, 6.45) is -4.98. The average Bonchev–Trinajstić information content (AvgIpc) is 1.84. The molecule has 0 aromatic rings. The van der Waals surface area contributed by atoms with Crippen molar-refractivity contribution < 1.29 is 38.6 Å². The molecule has 0 aliphatic heterocycles. The van der Waals surface area contributed by atoms with Gasteiger partial charge in [0.25, 0.3) is 0 Å². The number of hydrogen-bond acceptors (Lipinski definition) is 2. The van der Waals surface area contributed by atoms with Crippen LogP contribution in [0.25, 0.3) is 0 Å². The largest absolute Gasteiger partial charge is 0.442 e. The molecule has 0 aromatic carbocycles. The van der Waals surface area contributed by atoms with Crippen LogP contribution in [0.3, 0.4) is 0 Å². The highest BCUT2D eigenvalue weighted by molar-refractivity contribution is 7.87. The van der Waals surface area contributed by atoms with Crippen LogP contribution in [0, 0.1) is 0 Å². The standard InChI is InChI=1S/C3HF7O2S/c4-1(5)2(6,7)3(8,9)13(10,11)12/h1H. The van der Waals surface area contributed by atoms with Crippen LogP contribution in [0.5, 0.6) is 0 Å². The first kappa shape index (κ1) is 12.5. The Labute approximate surface area is 67.5 Å². The summed E-state index contributed by atoms with van der Waals surface area (Å²) in [5.41, 5.74) is 0. The van der Waals surface area contributed by atoms with Crippen LogP contribution < -0.4 is 0 Å². The van der Waals surface area contributed by atoms with E-state index in [0.717, 1.165) is 0 Å².